The Morgan fingerprint density at radius 3 is 2.85 bits per heavy atom. The Hall–Kier alpha value is -2.97. The molecule has 9 nitrogen and oxygen atoms in total. The highest BCUT2D eigenvalue weighted by atomic mass is 16.6. The number of aromatic carboxylic acids is 1. The van der Waals surface area contributed by atoms with Crippen molar-refractivity contribution in [3.8, 4) is 5.75 Å². The SMILES string of the molecule is COc1ccc(Cn2cc(C(=O)O)nn2)cc1[N+](=O)[O-]. The molecule has 104 valence electrons. The molecule has 0 bridgehead atoms. The van der Waals surface area contributed by atoms with Crippen LogP contribution >= 0.6 is 0 Å². The number of carbonyl (C=O) groups is 1. The average molecular weight is 278 g/mol. The van der Waals surface area contributed by atoms with E-state index in [1.165, 1.54) is 30.1 Å². The monoisotopic (exact) mass is 278 g/mol. The molecule has 2 aromatic rings. The van der Waals surface area contributed by atoms with Gasteiger partial charge < -0.3 is 9.84 Å². The molecule has 0 aliphatic heterocycles. The zero-order valence-corrected chi connectivity index (χ0v) is 10.4. The van der Waals surface area contributed by atoms with E-state index in [0.717, 1.165) is 0 Å². The molecule has 0 amide bonds. The number of methoxy groups -OCH3 is 1. The fourth-order valence-corrected chi connectivity index (χ4v) is 1.64. The van der Waals surface area contributed by atoms with Crippen LogP contribution in [0.25, 0.3) is 0 Å². The predicted molar refractivity (Wildman–Crippen MR) is 65.7 cm³/mol. The first-order valence-electron chi connectivity index (χ1n) is 5.46. The minimum atomic E-state index is -1.18. The third-order valence-electron chi connectivity index (χ3n) is 2.54. The van der Waals surface area contributed by atoms with E-state index in [9.17, 15) is 14.9 Å². The quantitative estimate of drug-likeness (QED) is 0.638. The van der Waals surface area contributed by atoms with Crippen molar-refractivity contribution in [2.45, 2.75) is 6.54 Å². The molecule has 0 unspecified atom stereocenters. The van der Waals surface area contributed by atoms with Crippen LogP contribution in [0.15, 0.2) is 24.4 Å². The summed E-state index contributed by atoms with van der Waals surface area (Å²) in [6, 6.07) is 4.46. The maximum atomic E-state index is 10.9. The number of hydrogen-bond donors (Lipinski definition) is 1. The van der Waals surface area contributed by atoms with Crippen molar-refractivity contribution < 1.29 is 19.6 Å². The normalized spacial score (nSPS) is 10.2. The molecule has 0 spiro atoms. The summed E-state index contributed by atoms with van der Waals surface area (Å²) in [6.07, 6.45) is 1.25. The van der Waals surface area contributed by atoms with E-state index in [4.69, 9.17) is 9.84 Å². The molecular weight excluding hydrogens is 268 g/mol. The van der Waals surface area contributed by atoms with E-state index in [1.54, 1.807) is 6.07 Å². The minimum Gasteiger partial charge on any atom is -0.490 e. The van der Waals surface area contributed by atoms with Gasteiger partial charge in [-0.25, -0.2) is 9.48 Å². The molecule has 0 fully saturated rings. The van der Waals surface area contributed by atoms with E-state index in [0.29, 0.717) is 5.56 Å². The first-order valence-corrected chi connectivity index (χ1v) is 5.46. The second-order valence-corrected chi connectivity index (χ2v) is 3.87. The van der Waals surface area contributed by atoms with Crippen molar-refractivity contribution in [3.05, 3.63) is 45.8 Å². The van der Waals surface area contributed by atoms with Gasteiger partial charge in [-0.2, -0.15) is 0 Å². The first kappa shape index (κ1) is 13.5. The Balaban J connectivity index is 2.26. The third kappa shape index (κ3) is 2.71. The highest BCUT2D eigenvalue weighted by Gasteiger charge is 2.16. The van der Waals surface area contributed by atoms with Crippen molar-refractivity contribution in [2.75, 3.05) is 7.11 Å². The summed E-state index contributed by atoms with van der Waals surface area (Å²) in [5.74, 6) is -1.03. The van der Waals surface area contributed by atoms with Crippen LogP contribution in [-0.2, 0) is 6.54 Å². The summed E-state index contributed by atoms with van der Waals surface area (Å²) in [7, 11) is 1.35. The largest absolute Gasteiger partial charge is 0.490 e. The number of nitrogens with zero attached hydrogens (tertiary/aromatic N) is 4. The topological polar surface area (TPSA) is 120 Å². The van der Waals surface area contributed by atoms with Gasteiger partial charge in [0.2, 0.25) is 0 Å². The number of ether oxygens (including phenoxy) is 1. The molecule has 0 atom stereocenters. The average Bonchev–Trinajstić information content (AvgIpc) is 2.87. The number of aromatic nitrogens is 3. The molecule has 0 saturated carbocycles. The zero-order chi connectivity index (χ0) is 14.7. The Morgan fingerprint density at radius 1 is 1.55 bits per heavy atom. The number of nitro benzene ring substituents is 1. The third-order valence-corrected chi connectivity index (χ3v) is 2.54. The highest BCUT2D eigenvalue weighted by molar-refractivity contribution is 5.84. The van der Waals surface area contributed by atoms with Gasteiger partial charge in [-0.15, -0.1) is 5.10 Å². The molecule has 0 aliphatic carbocycles. The summed E-state index contributed by atoms with van der Waals surface area (Å²) in [4.78, 5) is 21.0. The van der Waals surface area contributed by atoms with E-state index in [1.807, 2.05) is 0 Å². The number of rotatable bonds is 5. The summed E-state index contributed by atoms with van der Waals surface area (Å²) in [6.45, 7) is 0.172. The van der Waals surface area contributed by atoms with Crippen molar-refractivity contribution in [2.24, 2.45) is 0 Å². The molecule has 0 saturated heterocycles. The lowest BCUT2D eigenvalue weighted by molar-refractivity contribution is -0.385. The number of carboxylic acids is 1. The molecule has 1 N–H and O–H groups in total. The summed E-state index contributed by atoms with van der Waals surface area (Å²) < 4.78 is 6.18. The second-order valence-electron chi connectivity index (χ2n) is 3.87. The summed E-state index contributed by atoms with van der Waals surface area (Å²) >= 11 is 0. The Kier molecular flexibility index (Phi) is 3.60. The van der Waals surface area contributed by atoms with Crippen molar-refractivity contribution in [3.63, 3.8) is 0 Å². The van der Waals surface area contributed by atoms with E-state index in [2.05, 4.69) is 10.3 Å². The fourth-order valence-electron chi connectivity index (χ4n) is 1.64. The predicted octanol–water partition coefficient (Wildman–Crippen LogP) is 0.941. The standard InChI is InChI=1S/C11H10N4O5/c1-20-10-3-2-7(4-9(10)15(18)19)5-14-6-8(11(16)17)12-13-14/h2-4,6H,5H2,1H3,(H,16,17). The van der Waals surface area contributed by atoms with E-state index in [-0.39, 0.29) is 23.7 Å². The second kappa shape index (κ2) is 5.34. The van der Waals surface area contributed by atoms with Crippen LogP contribution in [0.5, 0.6) is 5.75 Å². The van der Waals surface area contributed by atoms with Crippen LogP contribution < -0.4 is 4.74 Å². The molecule has 1 aromatic heterocycles. The van der Waals surface area contributed by atoms with Gasteiger partial charge in [0.15, 0.2) is 11.4 Å². The number of hydrogen-bond acceptors (Lipinski definition) is 6. The van der Waals surface area contributed by atoms with Gasteiger partial charge in [-0.1, -0.05) is 11.3 Å². The van der Waals surface area contributed by atoms with Crippen molar-refractivity contribution >= 4 is 11.7 Å². The molecule has 2 rings (SSSR count). The van der Waals surface area contributed by atoms with Crippen LogP contribution in [0.4, 0.5) is 5.69 Å². The Labute approximate surface area is 112 Å². The number of carboxylic acid groups (broad SMARTS) is 1. The number of benzene rings is 1. The zero-order valence-electron chi connectivity index (χ0n) is 10.4. The molecular formula is C11H10N4O5. The van der Waals surface area contributed by atoms with Crippen LogP contribution in [0.1, 0.15) is 16.1 Å². The Bertz CT molecular complexity index is 667. The van der Waals surface area contributed by atoms with Gasteiger partial charge in [0.1, 0.15) is 0 Å². The maximum Gasteiger partial charge on any atom is 0.358 e. The summed E-state index contributed by atoms with van der Waals surface area (Å²) in [5.41, 5.74) is 0.232. The van der Waals surface area contributed by atoms with Crippen molar-refractivity contribution in [1.29, 1.82) is 0 Å². The molecule has 9 heteroatoms. The lowest BCUT2D eigenvalue weighted by atomic mass is 10.2. The van der Waals surface area contributed by atoms with Gasteiger partial charge in [0.25, 0.3) is 0 Å². The molecule has 20 heavy (non-hydrogen) atoms. The van der Waals surface area contributed by atoms with Gasteiger partial charge >= 0.3 is 11.7 Å². The van der Waals surface area contributed by atoms with Gasteiger partial charge in [-0.3, -0.25) is 10.1 Å². The van der Waals surface area contributed by atoms with Crippen LogP contribution in [0.2, 0.25) is 0 Å². The van der Waals surface area contributed by atoms with Crippen molar-refractivity contribution in [1.82, 2.24) is 15.0 Å². The fraction of sp³-hybridized carbons (Fsp3) is 0.182. The van der Waals surface area contributed by atoms with Crippen LogP contribution in [0, 0.1) is 10.1 Å². The van der Waals surface area contributed by atoms with Gasteiger partial charge in [0.05, 0.1) is 24.8 Å². The lowest BCUT2D eigenvalue weighted by Gasteiger charge is -2.04. The highest BCUT2D eigenvalue weighted by Crippen LogP contribution is 2.27. The first-order chi connectivity index (χ1) is 9.51. The number of nitro groups is 1. The maximum absolute atomic E-state index is 10.9. The van der Waals surface area contributed by atoms with Crippen LogP contribution in [-0.4, -0.2) is 38.1 Å². The Morgan fingerprint density at radius 2 is 2.30 bits per heavy atom. The molecule has 0 aliphatic rings. The van der Waals surface area contributed by atoms with Gasteiger partial charge in [-0.05, 0) is 11.6 Å². The molecule has 0 radical (unpaired) electrons. The smallest absolute Gasteiger partial charge is 0.358 e. The summed E-state index contributed by atoms with van der Waals surface area (Å²) in [5, 5.41) is 26.7. The molecule has 1 heterocycles. The van der Waals surface area contributed by atoms with Gasteiger partial charge in [0, 0.05) is 6.07 Å². The minimum absolute atomic E-state index is 0.156. The van der Waals surface area contributed by atoms with E-state index < -0.39 is 10.9 Å². The van der Waals surface area contributed by atoms with E-state index >= 15 is 0 Å². The molecule has 1 aromatic carbocycles. The van der Waals surface area contributed by atoms with Crippen LogP contribution in [0.3, 0.4) is 0 Å². The lowest BCUT2D eigenvalue weighted by Crippen LogP contribution is -2.02.